The smallest absolute Gasteiger partial charge is 0.227 e. The Morgan fingerprint density at radius 3 is 1.84 bits per heavy atom. The minimum Gasteiger partial charge on any atom is -0.435 e. The summed E-state index contributed by atoms with van der Waals surface area (Å²) in [4.78, 5) is 19.9. The zero-order valence-electron chi connectivity index (χ0n) is 33.8. The van der Waals surface area contributed by atoms with Crippen molar-refractivity contribution in [2.45, 2.75) is 19.3 Å². The van der Waals surface area contributed by atoms with Gasteiger partial charge in [-0.1, -0.05) is 147 Å². The van der Waals surface area contributed by atoms with Gasteiger partial charge in [-0.3, -0.25) is 0 Å². The SMILES string of the molecule is CC1(C)c2cc(-c3cc4c(c5c3sc3c(-c6cccc(-c7nc(-c8ccccc8)nc(-c8ccccc8)n7)c6)cccc35)=C=4)ccc2-c2c1ccc1nc(-c3ccccc3)oc21. The summed E-state index contributed by atoms with van der Waals surface area (Å²) < 4.78 is 9.11. The Balaban J connectivity index is 0.931. The average Bonchev–Trinajstić information content (AvgIpc) is 3.68. The van der Waals surface area contributed by atoms with E-state index in [0.29, 0.717) is 23.4 Å². The molecule has 0 bridgehead atoms. The van der Waals surface area contributed by atoms with Gasteiger partial charge in [0.2, 0.25) is 5.89 Å². The first-order valence-electron chi connectivity index (χ1n) is 20.9. The quantitative estimate of drug-likeness (QED) is 0.167. The lowest BCUT2D eigenvalue weighted by atomic mass is 9.81. The van der Waals surface area contributed by atoms with E-state index < -0.39 is 0 Å². The fourth-order valence-corrected chi connectivity index (χ4v) is 10.8. The lowest BCUT2D eigenvalue weighted by Crippen LogP contribution is -2.15. The second-order valence-corrected chi connectivity index (χ2v) is 17.7. The number of hydrogen-bond acceptors (Lipinski definition) is 6. The van der Waals surface area contributed by atoms with Crippen LogP contribution in [0.15, 0.2) is 174 Å². The minimum atomic E-state index is -0.227. The topological polar surface area (TPSA) is 64.7 Å². The van der Waals surface area contributed by atoms with Gasteiger partial charge in [-0.05, 0) is 69.8 Å². The summed E-state index contributed by atoms with van der Waals surface area (Å²) in [6, 6.07) is 59.4. The molecule has 0 unspecified atom stereocenters. The van der Waals surface area contributed by atoms with Crippen molar-refractivity contribution >= 4 is 48.3 Å². The van der Waals surface area contributed by atoms with Crippen molar-refractivity contribution in [1.82, 2.24) is 19.9 Å². The highest BCUT2D eigenvalue weighted by Crippen LogP contribution is 2.53. The van der Waals surface area contributed by atoms with E-state index in [1.54, 1.807) is 0 Å². The Labute approximate surface area is 360 Å². The number of fused-ring (bicyclic) bond motifs is 10. The number of oxazole rings is 1. The van der Waals surface area contributed by atoms with Gasteiger partial charge < -0.3 is 4.42 Å². The molecule has 2 aliphatic carbocycles. The molecule has 6 heteroatoms. The van der Waals surface area contributed by atoms with Crippen LogP contribution in [0.1, 0.15) is 25.0 Å². The number of aromatic nitrogens is 4. The predicted octanol–water partition coefficient (Wildman–Crippen LogP) is 12.8. The second kappa shape index (κ2) is 13.1. The lowest BCUT2D eigenvalue weighted by molar-refractivity contribution is 0.618. The van der Waals surface area contributed by atoms with E-state index in [1.807, 2.05) is 102 Å². The molecule has 0 amide bonds. The highest BCUT2D eigenvalue weighted by atomic mass is 32.1. The summed E-state index contributed by atoms with van der Waals surface area (Å²) in [6.07, 6.45) is 0. The van der Waals surface area contributed by atoms with Crippen molar-refractivity contribution in [2.75, 3.05) is 0 Å². The predicted molar refractivity (Wildman–Crippen MR) is 252 cm³/mol. The molecule has 0 saturated carbocycles. The molecular weight excluding hydrogens is 777 g/mol. The summed E-state index contributed by atoms with van der Waals surface area (Å²) in [5.41, 5.74) is 18.6. The molecule has 0 saturated heterocycles. The van der Waals surface area contributed by atoms with Gasteiger partial charge >= 0.3 is 0 Å². The van der Waals surface area contributed by atoms with Crippen molar-refractivity contribution in [3.8, 4) is 79.0 Å². The zero-order chi connectivity index (χ0) is 41.1. The van der Waals surface area contributed by atoms with E-state index in [1.165, 1.54) is 64.0 Å². The molecule has 3 heterocycles. The Morgan fingerprint density at radius 2 is 1.11 bits per heavy atom. The van der Waals surface area contributed by atoms with Gasteiger partial charge in [0.15, 0.2) is 23.1 Å². The Kier molecular flexibility index (Phi) is 7.41. The molecule has 8 aromatic carbocycles. The molecule has 0 spiro atoms. The van der Waals surface area contributed by atoms with Crippen molar-refractivity contribution < 1.29 is 4.42 Å². The van der Waals surface area contributed by atoms with E-state index in [9.17, 15) is 0 Å². The van der Waals surface area contributed by atoms with Crippen LogP contribution in [-0.2, 0) is 5.41 Å². The molecule has 0 fully saturated rings. The van der Waals surface area contributed by atoms with E-state index in [-0.39, 0.29) is 5.41 Å². The number of rotatable bonds is 6. The molecule has 0 radical (unpaired) electrons. The molecule has 11 aromatic rings. The summed E-state index contributed by atoms with van der Waals surface area (Å²) in [5.74, 6) is 2.58. The van der Waals surface area contributed by atoms with Crippen LogP contribution in [0, 0.1) is 0 Å². The first-order chi connectivity index (χ1) is 30.5. The Morgan fingerprint density at radius 1 is 0.484 bits per heavy atom. The lowest BCUT2D eigenvalue weighted by Gasteiger charge is -2.22. The van der Waals surface area contributed by atoms with Crippen LogP contribution < -0.4 is 10.4 Å². The Hall–Kier alpha value is -7.76. The molecule has 62 heavy (non-hydrogen) atoms. The molecular formula is C56H34N4OS. The molecule has 290 valence electrons. The maximum absolute atomic E-state index is 6.58. The molecule has 0 N–H and O–H groups in total. The van der Waals surface area contributed by atoms with Crippen LogP contribution in [0.2, 0.25) is 0 Å². The van der Waals surface area contributed by atoms with Gasteiger partial charge in [-0.15, -0.1) is 17.1 Å². The largest absolute Gasteiger partial charge is 0.435 e. The van der Waals surface area contributed by atoms with Gasteiger partial charge in [0.25, 0.3) is 0 Å². The average molecular weight is 811 g/mol. The molecule has 13 rings (SSSR count). The van der Waals surface area contributed by atoms with Gasteiger partial charge in [0, 0.05) is 69.4 Å². The zero-order valence-corrected chi connectivity index (χ0v) is 34.6. The summed E-state index contributed by atoms with van der Waals surface area (Å²) in [7, 11) is 0. The van der Waals surface area contributed by atoms with Crippen molar-refractivity contribution in [2.24, 2.45) is 0 Å². The summed E-state index contributed by atoms with van der Waals surface area (Å²) in [6.45, 7) is 4.65. The van der Waals surface area contributed by atoms with Crippen molar-refractivity contribution in [3.05, 3.63) is 191 Å². The van der Waals surface area contributed by atoms with Gasteiger partial charge in [0.05, 0.1) is 0 Å². The second-order valence-electron chi connectivity index (χ2n) is 16.7. The number of thiophene rings is 1. The monoisotopic (exact) mass is 810 g/mol. The normalized spacial score (nSPS) is 13.1. The van der Waals surface area contributed by atoms with Gasteiger partial charge in [0.1, 0.15) is 5.52 Å². The van der Waals surface area contributed by atoms with Crippen molar-refractivity contribution in [3.63, 3.8) is 0 Å². The molecule has 5 nitrogen and oxygen atoms in total. The van der Waals surface area contributed by atoms with E-state index >= 15 is 0 Å². The third kappa shape index (κ3) is 5.34. The number of benzene rings is 8. The van der Waals surface area contributed by atoms with E-state index in [4.69, 9.17) is 24.4 Å². The van der Waals surface area contributed by atoms with Crippen LogP contribution in [0.3, 0.4) is 0 Å². The van der Waals surface area contributed by atoms with E-state index in [2.05, 4.69) is 98.4 Å². The molecule has 3 aromatic heterocycles. The van der Waals surface area contributed by atoms with Gasteiger partial charge in [-0.25, -0.2) is 19.9 Å². The number of hydrogen-bond donors (Lipinski definition) is 0. The minimum absolute atomic E-state index is 0.227. The molecule has 0 aliphatic heterocycles. The van der Waals surface area contributed by atoms with Gasteiger partial charge in [-0.2, -0.15) is 0 Å². The first-order valence-corrected chi connectivity index (χ1v) is 21.7. The van der Waals surface area contributed by atoms with Crippen molar-refractivity contribution in [1.29, 1.82) is 0 Å². The standard InChI is InChI=1S/C56H34N4OS/c1-56(2)44-26-27-46-49(61-55(57-46)34-18-10-5-11-19-34)48(44)40-25-24-36(31-45(40)56)43-30-38-29-42(38)47-41-23-13-22-39(50(41)62-51(43)47)35-20-12-21-37(28-35)54-59-52(32-14-6-3-7-15-32)58-53(60-54)33-16-8-4-9-17-33/h3-28,30-31H,1-2H3. The maximum Gasteiger partial charge on any atom is 0.227 e. The first kappa shape index (κ1) is 35.0. The summed E-state index contributed by atoms with van der Waals surface area (Å²) in [5, 5.41) is 4.96. The molecule has 0 atom stereocenters. The fraction of sp³-hybridized carbons (Fsp3) is 0.0536. The maximum atomic E-state index is 6.58. The highest BCUT2D eigenvalue weighted by Gasteiger charge is 2.38. The fourth-order valence-electron chi connectivity index (χ4n) is 9.46. The van der Waals surface area contributed by atoms with Crippen LogP contribution in [0.5, 0.6) is 0 Å². The third-order valence-corrected chi connectivity index (χ3v) is 13.9. The van der Waals surface area contributed by atoms with Crippen LogP contribution in [-0.4, -0.2) is 19.9 Å². The van der Waals surface area contributed by atoms with Crippen LogP contribution in [0.25, 0.3) is 116 Å². The van der Waals surface area contributed by atoms with Crippen LogP contribution in [0.4, 0.5) is 0 Å². The highest BCUT2D eigenvalue weighted by molar-refractivity contribution is 7.26. The number of nitrogens with zero attached hydrogens (tertiary/aromatic N) is 4. The van der Waals surface area contributed by atoms with E-state index in [0.717, 1.165) is 44.5 Å². The van der Waals surface area contributed by atoms with Crippen LogP contribution >= 0.6 is 11.3 Å². The molecule has 2 aliphatic rings. The summed E-state index contributed by atoms with van der Waals surface area (Å²) >= 11 is 1.87. The Bertz CT molecular complexity index is 3750. The third-order valence-electron chi connectivity index (χ3n) is 12.6.